The van der Waals surface area contributed by atoms with E-state index in [2.05, 4.69) is 27.0 Å². The molecular formula is C11H10BrNO. The molecule has 0 N–H and O–H groups in total. The Labute approximate surface area is 91.4 Å². The summed E-state index contributed by atoms with van der Waals surface area (Å²) in [5, 5.41) is 0. The number of hydrogen-bond acceptors (Lipinski definition) is 2. The van der Waals surface area contributed by atoms with Crippen molar-refractivity contribution in [2.75, 3.05) is 6.61 Å². The zero-order chi connectivity index (χ0) is 9.97. The van der Waals surface area contributed by atoms with Crippen molar-refractivity contribution in [2.45, 2.75) is 6.92 Å². The normalized spacial score (nSPS) is 10.4. The lowest BCUT2D eigenvalue weighted by Crippen LogP contribution is -1.93. The van der Waals surface area contributed by atoms with Crippen molar-refractivity contribution in [3.05, 3.63) is 34.9 Å². The highest BCUT2D eigenvalue weighted by molar-refractivity contribution is 9.10. The number of fused-ring (bicyclic) bond motifs is 1. The molecular weight excluding hydrogens is 242 g/mol. The average molecular weight is 252 g/mol. The molecule has 2 rings (SSSR count). The van der Waals surface area contributed by atoms with Crippen molar-refractivity contribution >= 4 is 15.9 Å². The Morgan fingerprint density at radius 1 is 1.36 bits per heavy atom. The fraction of sp³-hybridized carbons (Fsp3) is 0.182. The minimum atomic E-state index is 0.623. The van der Waals surface area contributed by atoms with Crippen LogP contribution >= 0.6 is 15.9 Å². The third-order valence-corrected chi connectivity index (χ3v) is 2.77. The standard InChI is InChI=1S/C11H10BrNO/c1-2-14-11-10(12)9-5-3-4-8(9)6-7-13-11/h3-7H,2H2,1H3. The van der Waals surface area contributed by atoms with Crippen LogP contribution in [-0.2, 0) is 0 Å². The quantitative estimate of drug-likeness (QED) is 0.817. The van der Waals surface area contributed by atoms with Crippen molar-refractivity contribution in [3.63, 3.8) is 0 Å². The van der Waals surface area contributed by atoms with E-state index >= 15 is 0 Å². The second kappa shape index (κ2) is 3.96. The van der Waals surface area contributed by atoms with Gasteiger partial charge < -0.3 is 4.74 Å². The van der Waals surface area contributed by atoms with E-state index in [0.29, 0.717) is 12.5 Å². The molecule has 0 aromatic heterocycles. The summed E-state index contributed by atoms with van der Waals surface area (Å²) in [4.78, 5) is 4.21. The first-order valence-electron chi connectivity index (χ1n) is 4.49. The number of ether oxygens (including phenoxy) is 1. The minimum Gasteiger partial charge on any atom is -0.477 e. The van der Waals surface area contributed by atoms with Crippen LogP contribution in [0.25, 0.3) is 11.1 Å². The zero-order valence-corrected chi connectivity index (χ0v) is 9.41. The minimum absolute atomic E-state index is 0.623. The highest BCUT2D eigenvalue weighted by Gasteiger charge is 2.09. The molecule has 1 heterocycles. The Hall–Kier alpha value is -1.09. The monoisotopic (exact) mass is 251 g/mol. The van der Waals surface area contributed by atoms with Gasteiger partial charge in [-0.2, -0.15) is 0 Å². The molecule has 2 nitrogen and oxygen atoms in total. The first-order chi connectivity index (χ1) is 6.83. The van der Waals surface area contributed by atoms with Gasteiger partial charge in [0.2, 0.25) is 5.88 Å². The maximum Gasteiger partial charge on any atom is 0.228 e. The molecule has 14 heavy (non-hydrogen) atoms. The van der Waals surface area contributed by atoms with E-state index in [1.165, 1.54) is 0 Å². The van der Waals surface area contributed by atoms with Crippen LogP contribution in [0.4, 0.5) is 0 Å². The van der Waals surface area contributed by atoms with Crippen LogP contribution < -0.4 is 4.74 Å². The van der Waals surface area contributed by atoms with Crippen LogP contribution in [0.1, 0.15) is 6.92 Å². The topological polar surface area (TPSA) is 22.1 Å². The van der Waals surface area contributed by atoms with Gasteiger partial charge in [-0.1, -0.05) is 18.2 Å². The van der Waals surface area contributed by atoms with Crippen molar-refractivity contribution in [3.8, 4) is 17.0 Å². The summed E-state index contributed by atoms with van der Waals surface area (Å²) in [7, 11) is 0. The van der Waals surface area contributed by atoms with Crippen molar-refractivity contribution < 1.29 is 4.74 Å². The van der Waals surface area contributed by atoms with Gasteiger partial charge in [-0.3, -0.25) is 0 Å². The maximum atomic E-state index is 5.42. The third kappa shape index (κ3) is 1.60. The van der Waals surface area contributed by atoms with Crippen LogP contribution in [0.5, 0.6) is 5.88 Å². The molecule has 2 aliphatic rings. The van der Waals surface area contributed by atoms with Crippen LogP contribution in [0.3, 0.4) is 0 Å². The van der Waals surface area contributed by atoms with Crippen LogP contribution in [0.15, 0.2) is 34.9 Å². The van der Waals surface area contributed by atoms with Crippen LogP contribution in [-0.4, -0.2) is 11.6 Å². The molecule has 1 aliphatic heterocycles. The number of rotatable bonds is 2. The average Bonchev–Trinajstić information content (AvgIpc) is 2.59. The highest BCUT2D eigenvalue weighted by atomic mass is 79.9. The van der Waals surface area contributed by atoms with Gasteiger partial charge in [0.1, 0.15) is 0 Å². The lowest BCUT2D eigenvalue weighted by atomic mass is 10.2. The predicted octanol–water partition coefficient (Wildman–Crippen LogP) is 3.35. The van der Waals surface area contributed by atoms with Gasteiger partial charge >= 0.3 is 0 Å². The van der Waals surface area contributed by atoms with Gasteiger partial charge in [0.05, 0.1) is 11.1 Å². The Kier molecular flexibility index (Phi) is 2.68. The summed E-state index contributed by atoms with van der Waals surface area (Å²) in [6.07, 6.45) is 1.76. The summed E-state index contributed by atoms with van der Waals surface area (Å²) in [5.41, 5.74) is 2.29. The molecule has 3 heteroatoms. The fourth-order valence-corrected chi connectivity index (χ4v) is 1.95. The number of nitrogens with zero attached hydrogens (tertiary/aromatic N) is 1. The molecule has 0 aromatic carbocycles. The molecule has 0 aromatic rings. The Morgan fingerprint density at radius 3 is 3.00 bits per heavy atom. The van der Waals surface area contributed by atoms with E-state index in [0.717, 1.165) is 15.6 Å². The third-order valence-electron chi connectivity index (χ3n) is 2.00. The maximum absolute atomic E-state index is 5.42. The van der Waals surface area contributed by atoms with Crippen molar-refractivity contribution in [1.29, 1.82) is 0 Å². The first-order valence-corrected chi connectivity index (χ1v) is 5.28. The van der Waals surface area contributed by atoms with E-state index in [1.807, 2.05) is 25.1 Å². The summed E-state index contributed by atoms with van der Waals surface area (Å²) in [5.74, 6) is 0.647. The summed E-state index contributed by atoms with van der Waals surface area (Å²) >= 11 is 3.50. The second-order valence-corrected chi connectivity index (χ2v) is 3.68. The molecule has 0 spiro atoms. The van der Waals surface area contributed by atoms with Gasteiger partial charge in [-0.15, -0.1) is 0 Å². The molecule has 0 bridgehead atoms. The Bertz CT molecular complexity index is 416. The summed E-state index contributed by atoms with van der Waals surface area (Å²) in [6.45, 7) is 2.57. The van der Waals surface area contributed by atoms with Gasteiger partial charge in [0.15, 0.2) is 0 Å². The molecule has 0 radical (unpaired) electrons. The molecule has 0 saturated heterocycles. The molecule has 72 valence electrons. The first kappa shape index (κ1) is 9.46. The van der Waals surface area contributed by atoms with Crippen LogP contribution in [0, 0.1) is 0 Å². The lowest BCUT2D eigenvalue weighted by molar-refractivity contribution is 0.325. The van der Waals surface area contributed by atoms with E-state index in [1.54, 1.807) is 6.20 Å². The fourth-order valence-electron chi connectivity index (χ4n) is 1.37. The Morgan fingerprint density at radius 2 is 2.21 bits per heavy atom. The van der Waals surface area contributed by atoms with Crippen molar-refractivity contribution in [2.24, 2.45) is 0 Å². The largest absolute Gasteiger partial charge is 0.477 e. The van der Waals surface area contributed by atoms with E-state index in [-0.39, 0.29) is 0 Å². The van der Waals surface area contributed by atoms with Crippen molar-refractivity contribution in [1.82, 2.24) is 4.98 Å². The summed E-state index contributed by atoms with van der Waals surface area (Å²) in [6, 6.07) is 8.09. The van der Waals surface area contributed by atoms with E-state index in [4.69, 9.17) is 4.74 Å². The van der Waals surface area contributed by atoms with Gasteiger partial charge in [-0.25, -0.2) is 4.98 Å². The number of hydrogen-bond donors (Lipinski definition) is 0. The van der Waals surface area contributed by atoms with Gasteiger partial charge in [0.25, 0.3) is 0 Å². The van der Waals surface area contributed by atoms with Crippen LogP contribution in [0.2, 0.25) is 0 Å². The van der Waals surface area contributed by atoms with E-state index < -0.39 is 0 Å². The molecule has 1 aliphatic carbocycles. The van der Waals surface area contributed by atoms with E-state index in [9.17, 15) is 0 Å². The molecule has 0 saturated carbocycles. The zero-order valence-electron chi connectivity index (χ0n) is 7.83. The Balaban J connectivity index is 2.58. The number of halogens is 1. The van der Waals surface area contributed by atoms with Gasteiger partial charge in [0, 0.05) is 11.8 Å². The molecule has 0 atom stereocenters. The second-order valence-electron chi connectivity index (χ2n) is 2.89. The molecule has 0 fully saturated rings. The lowest BCUT2D eigenvalue weighted by Gasteiger charge is -2.02. The van der Waals surface area contributed by atoms with Gasteiger partial charge in [-0.05, 0) is 34.5 Å². The predicted molar refractivity (Wildman–Crippen MR) is 59.7 cm³/mol. The summed E-state index contributed by atoms with van der Waals surface area (Å²) < 4.78 is 6.34. The smallest absolute Gasteiger partial charge is 0.228 e. The molecule has 0 unspecified atom stereocenters. The molecule has 0 amide bonds. The highest BCUT2D eigenvalue weighted by Crippen LogP contribution is 2.34. The number of aromatic nitrogens is 1. The SMILES string of the molecule is CCOc1nccc2cccc-2c1Br.